The summed E-state index contributed by atoms with van der Waals surface area (Å²) in [6.07, 6.45) is 2.87. The third-order valence-corrected chi connectivity index (χ3v) is 3.06. The van der Waals surface area contributed by atoms with Crippen molar-refractivity contribution in [2.24, 2.45) is 17.6 Å². The Bertz CT molecular complexity index is 312. The van der Waals surface area contributed by atoms with Crippen LogP contribution in [0.4, 0.5) is 0 Å². The molecule has 0 saturated heterocycles. The van der Waals surface area contributed by atoms with Crippen LogP contribution in [0.2, 0.25) is 0 Å². The van der Waals surface area contributed by atoms with Gasteiger partial charge in [0.2, 0.25) is 5.89 Å². The summed E-state index contributed by atoms with van der Waals surface area (Å²) in [5.41, 5.74) is 5.46. The third kappa shape index (κ3) is 4.11. The molecule has 0 fully saturated rings. The average molecular weight is 239 g/mol. The van der Waals surface area contributed by atoms with Crippen molar-refractivity contribution in [1.29, 1.82) is 0 Å². The molecule has 2 N–H and O–H groups in total. The average Bonchev–Trinajstić information content (AvgIpc) is 2.65. The van der Waals surface area contributed by atoms with Gasteiger partial charge in [0.05, 0.1) is 0 Å². The molecule has 98 valence electrons. The molecule has 0 bridgehead atoms. The highest BCUT2D eigenvalue weighted by molar-refractivity contribution is 4.98. The zero-order chi connectivity index (χ0) is 12.8. The summed E-state index contributed by atoms with van der Waals surface area (Å²) in [6, 6.07) is 0. The first kappa shape index (κ1) is 14.2. The van der Waals surface area contributed by atoms with Crippen molar-refractivity contribution in [2.45, 2.75) is 52.9 Å². The molecule has 0 amide bonds. The summed E-state index contributed by atoms with van der Waals surface area (Å²) in [5.74, 6) is 3.05. The van der Waals surface area contributed by atoms with Crippen LogP contribution < -0.4 is 5.73 Å². The van der Waals surface area contributed by atoms with Gasteiger partial charge in [-0.2, -0.15) is 4.98 Å². The molecular weight excluding hydrogens is 214 g/mol. The minimum absolute atomic E-state index is 0.377. The molecule has 1 aromatic rings. The summed E-state index contributed by atoms with van der Waals surface area (Å²) in [4.78, 5) is 4.51. The molecule has 0 saturated carbocycles. The Balaban J connectivity index is 2.65. The second-order valence-electron chi connectivity index (χ2n) is 5.31. The second-order valence-corrected chi connectivity index (χ2v) is 5.31. The van der Waals surface area contributed by atoms with Crippen LogP contribution in [-0.2, 0) is 6.42 Å². The number of rotatable bonds is 7. The van der Waals surface area contributed by atoms with E-state index in [4.69, 9.17) is 10.3 Å². The molecule has 0 aliphatic carbocycles. The van der Waals surface area contributed by atoms with E-state index in [-0.39, 0.29) is 0 Å². The summed E-state index contributed by atoms with van der Waals surface area (Å²) in [7, 11) is 0. The van der Waals surface area contributed by atoms with Gasteiger partial charge >= 0.3 is 0 Å². The maximum Gasteiger partial charge on any atom is 0.226 e. The van der Waals surface area contributed by atoms with Crippen LogP contribution in [0.3, 0.4) is 0 Å². The van der Waals surface area contributed by atoms with Crippen LogP contribution in [0.5, 0.6) is 0 Å². The van der Waals surface area contributed by atoms with Gasteiger partial charge in [0, 0.05) is 12.3 Å². The van der Waals surface area contributed by atoms with Gasteiger partial charge in [-0.3, -0.25) is 0 Å². The summed E-state index contributed by atoms with van der Waals surface area (Å²) >= 11 is 0. The number of nitrogens with zero attached hydrogens (tertiary/aromatic N) is 2. The molecule has 0 unspecified atom stereocenters. The van der Waals surface area contributed by atoms with Gasteiger partial charge < -0.3 is 10.3 Å². The molecule has 1 heterocycles. The van der Waals surface area contributed by atoms with E-state index in [1.54, 1.807) is 0 Å². The van der Waals surface area contributed by atoms with Crippen LogP contribution in [0, 0.1) is 11.8 Å². The monoisotopic (exact) mass is 239 g/mol. The van der Waals surface area contributed by atoms with Gasteiger partial charge in [0.25, 0.3) is 0 Å². The van der Waals surface area contributed by atoms with Crippen molar-refractivity contribution in [3.05, 3.63) is 11.7 Å². The summed E-state index contributed by atoms with van der Waals surface area (Å²) < 4.78 is 5.29. The molecule has 0 spiro atoms. The lowest BCUT2D eigenvalue weighted by molar-refractivity contribution is 0.333. The Labute approximate surface area is 104 Å². The number of nitrogens with two attached hydrogens (primary N) is 1. The predicted octanol–water partition coefficient (Wildman–Crippen LogP) is 2.75. The highest BCUT2D eigenvalue weighted by Gasteiger charge is 2.24. The van der Waals surface area contributed by atoms with Crippen molar-refractivity contribution < 1.29 is 4.52 Å². The lowest BCUT2D eigenvalue weighted by atomic mass is 9.85. The van der Waals surface area contributed by atoms with Crippen LogP contribution >= 0.6 is 0 Å². The Morgan fingerprint density at radius 1 is 1.12 bits per heavy atom. The molecule has 0 aromatic carbocycles. The molecule has 4 heteroatoms. The maximum absolute atomic E-state index is 5.46. The van der Waals surface area contributed by atoms with Crippen molar-refractivity contribution in [3.8, 4) is 0 Å². The van der Waals surface area contributed by atoms with E-state index in [0.29, 0.717) is 17.8 Å². The van der Waals surface area contributed by atoms with Gasteiger partial charge in [-0.05, 0) is 31.2 Å². The predicted molar refractivity (Wildman–Crippen MR) is 68.7 cm³/mol. The van der Waals surface area contributed by atoms with E-state index in [1.165, 1.54) is 0 Å². The molecule has 0 aliphatic heterocycles. The van der Waals surface area contributed by atoms with Gasteiger partial charge in [-0.1, -0.05) is 32.9 Å². The fourth-order valence-corrected chi connectivity index (χ4v) is 2.29. The minimum Gasteiger partial charge on any atom is -0.339 e. The lowest BCUT2D eigenvalue weighted by Gasteiger charge is -2.20. The molecule has 0 atom stereocenters. The van der Waals surface area contributed by atoms with Gasteiger partial charge in [-0.15, -0.1) is 0 Å². The normalized spacial score (nSPS) is 12.0. The molecule has 17 heavy (non-hydrogen) atoms. The summed E-state index contributed by atoms with van der Waals surface area (Å²) in [6.45, 7) is 9.54. The van der Waals surface area contributed by atoms with E-state index < -0.39 is 0 Å². The van der Waals surface area contributed by atoms with E-state index in [9.17, 15) is 0 Å². The Hall–Kier alpha value is -0.900. The van der Waals surface area contributed by atoms with E-state index in [2.05, 4.69) is 37.8 Å². The minimum atomic E-state index is 0.377. The maximum atomic E-state index is 5.46. The molecule has 4 nitrogen and oxygen atoms in total. The Morgan fingerprint density at radius 3 is 2.29 bits per heavy atom. The van der Waals surface area contributed by atoms with Crippen LogP contribution in [0.25, 0.3) is 0 Å². The van der Waals surface area contributed by atoms with Crippen LogP contribution in [0.1, 0.15) is 58.2 Å². The SMILES string of the molecule is CC(C)C(c1noc(CCCCN)n1)C(C)C. The molecular formula is C13H25N3O. The third-order valence-electron chi connectivity index (χ3n) is 3.06. The largest absolute Gasteiger partial charge is 0.339 e. The van der Waals surface area contributed by atoms with Crippen LogP contribution in [0.15, 0.2) is 4.52 Å². The summed E-state index contributed by atoms with van der Waals surface area (Å²) in [5, 5.41) is 4.12. The molecule has 1 aromatic heterocycles. The standard InChI is InChI=1S/C13H25N3O/c1-9(2)12(10(3)4)13-15-11(17-16-13)7-5-6-8-14/h9-10,12H,5-8,14H2,1-4H3. The molecule has 0 radical (unpaired) electrons. The van der Waals surface area contributed by atoms with E-state index in [1.807, 2.05) is 0 Å². The van der Waals surface area contributed by atoms with E-state index in [0.717, 1.165) is 37.5 Å². The molecule has 0 aliphatic rings. The fourth-order valence-electron chi connectivity index (χ4n) is 2.29. The topological polar surface area (TPSA) is 64.9 Å². The fraction of sp³-hybridized carbons (Fsp3) is 0.846. The first-order valence-corrected chi connectivity index (χ1v) is 6.58. The lowest BCUT2D eigenvalue weighted by Crippen LogP contribution is -2.15. The van der Waals surface area contributed by atoms with Crippen molar-refractivity contribution in [1.82, 2.24) is 10.1 Å². The number of hydrogen-bond donors (Lipinski definition) is 1. The Morgan fingerprint density at radius 2 is 1.76 bits per heavy atom. The number of aromatic nitrogens is 2. The Kier molecular flexibility index (Phi) is 5.62. The van der Waals surface area contributed by atoms with Gasteiger partial charge in [0.15, 0.2) is 5.82 Å². The smallest absolute Gasteiger partial charge is 0.226 e. The number of unbranched alkanes of at least 4 members (excludes halogenated alkanes) is 1. The van der Waals surface area contributed by atoms with Crippen molar-refractivity contribution in [3.63, 3.8) is 0 Å². The van der Waals surface area contributed by atoms with Gasteiger partial charge in [0.1, 0.15) is 0 Å². The zero-order valence-corrected chi connectivity index (χ0v) is 11.4. The highest BCUT2D eigenvalue weighted by atomic mass is 16.5. The second kappa shape index (κ2) is 6.74. The zero-order valence-electron chi connectivity index (χ0n) is 11.4. The van der Waals surface area contributed by atoms with Gasteiger partial charge in [-0.25, -0.2) is 0 Å². The van der Waals surface area contributed by atoms with Crippen LogP contribution in [-0.4, -0.2) is 16.7 Å². The van der Waals surface area contributed by atoms with Crippen molar-refractivity contribution in [2.75, 3.05) is 6.54 Å². The highest BCUT2D eigenvalue weighted by Crippen LogP contribution is 2.29. The molecule has 1 rings (SSSR count). The first-order valence-electron chi connectivity index (χ1n) is 6.58. The van der Waals surface area contributed by atoms with E-state index >= 15 is 0 Å². The first-order chi connectivity index (χ1) is 8.06. The number of aryl methyl sites for hydroxylation is 1. The van der Waals surface area contributed by atoms with Crippen molar-refractivity contribution >= 4 is 0 Å². The number of hydrogen-bond acceptors (Lipinski definition) is 4. The quantitative estimate of drug-likeness (QED) is 0.743.